The number of rotatable bonds is 3. The molecule has 5 nitrogen and oxygen atoms in total. The number of pyridine rings is 1. The maximum Gasteiger partial charge on any atom is 0.343 e. The molecule has 0 saturated carbocycles. The van der Waals surface area contributed by atoms with Gasteiger partial charge in [0.2, 0.25) is 5.43 Å². The molecule has 0 fully saturated rings. The molecule has 1 aromatic heterocycles. The number of aromatic nitrogens is 1. The summed E-state index contributed by atoms with van der Waals surface area (Å²) in [7, 11) is 3.35. The van der Waals surface area contributed by atoms with Crippen molar-refractivity contribution in [3.8, 4) is 5.75 Å². The van der Waals surface area contributed by atoms with Crippen molar-refractivity contribution in [1.82, 2.24) is 4.57 Å². The molecule has 0 aliphatic heterocycles. The molecule has 1 aromatic carbocycles. The van der Waals surface area contributed by atoms with Gasteiger partial charge in [-0.2, -0.15) is 0 Å². The molecular weight excluding hydrogens is 258 g/mol. The molecule has 2 aromatic rings. The van der Waals surface area contributed by atoms with Crippen LogP contribution in [0.25, 0.3) is 10.9 Å². The first kappa shape index (κ1) is 14.1. The smallest absolute Gasteiger partial charge is 0.343 e. The Morgan fingerprint density at radius 3 is 2.65 bits per heavy atom. The summed E-state index contributed by atoms with van der Waals surface area (Å²) in [5.74, 6) is -0.0106. The lowest BCUT2D eigenvalue weighted by Crippen LogP contribution is -2.23. The van der Waals surface area contributed by atoms with Crippen molar-refractivity contribution < 1.29 is 14.3 Å². The minimum atomic E-state index is -0.588. The Bertz CT molecular complexity index is 731. The van der Waals surface area contributed by atoms with Crippen molar-refractivity contribution in [2.75, 3.05) is 13.7 Å². The summed E-state index contributed by atoms with van der Waals surface area (Å²) in [6.45, 7) is 3.68. The highest BCUT2D eigenvalue weighted by Crippen LogP contribution is 2.20. The van der Waals surface area contributed by atoms with E-state index in [1.165, 1.54) is 7.11 Å². The molecule has 5 heteroatoms. The molecule has 0 atom stereocenters. The quantitative estimate of drug-likeness (QED) is 0.804. The Labute approximate surface area is 116 Å². The van der Waals surface area contributed by atoms with Crippen LogP contribution in [0.15, 0.2) is 23.0 Å². The molecule has 0 saturated heterocycles. The van der Waals surface area contributed by atoms with E-state index in [9.17, 15) is 9.59 Å². The van der Waals surface area contributed by atoms with Crippen molar-refractivity contribution >= 4 is 16.9 Å². The summed E-state index contributed by atoms with van der Waals surface area (Å²) in [6, 6.07) is 5.22. The summed E-state index contributed by atoms with van der Waals surface area (Å²) in [5, 5.41) is 0.445. The normalized spacial score (nSPS) is 10.6. The van der Waals surface area contributed by atoms with E-state index < -0.39 is 5.97 Å². The summed E-state index contributed by atoms with van der Waals surface area (Å²) < 4.78 is 11.9. The van der Waals surface area contributed by atoms with Gasteiger partial charge in [-0.15, -0.1) is 0 Å². The van der Waals surface area contributed by atoms with Crippen molar-refractivity contribution in [2.45, 2.75) is 13.8 Å². The standard InChI is InChI=1S/C15H17NO4/c1-5-20-15(18)13-9(2)16(3)12-7-6-10(19-4)8-11(12)14(13)17/h6-8H,5H2,1-4H3. The molecule has 0 aliphatic rings. The molecule has 1 heterocycles. The number of esters is 1. The summed E-state index contributed by atoms with van der Waals surface area (Å²) in [4.78, 5) is 24.5. The number of ether oxygens (including phenoxy) is 2. The molecule has 2 rings (SSSR count). The number of methoxy groups -OCH3 is 1. The second kappa shape index (κ2) is 5.36. The van der Waals surface area contributed by atoms with Gasteiger partial charge in [0, 0.05) is 12.7 Å². The molecule has 0 bridgehead atoms. The summed E-state index contributed by atoms with van der Waals surface area (Å²) in [6.07, 6.45) is 0. The minimum Gasteiger partial charge on any atom is -0.497 e. The number of hydrogen-bond acceptors (Lipinski definition) is 4. The molecule has 20 heavy (non-hydrogen) atoms. The zero-order valence-electron chi connectivity index (χ0n) is 12.0. The number of fused-ring (bicyclic) bond motifs is 1. The number of benzene rings is 1. The van der Waals surface area contributed by atoms with Gasteiger partial charge in [0.05, 0.1) is 24.6 Å². The lowest BCUT2D eigenvalue weighted by molar-refractivity contribution is 0.0523. The van der Waals surface area contributed by atoms with Crippen LogP contribution >= 0.6 is 0 Å². The number of nitrogens with zero attached hydrogens (tertiary/aromatic N) is 1. The minimum absolute atomic E-state index is 0.0788. The van der Waals surface area contributed by atoms with Gasteiger partial charge in [-0.3, -0.25) is 4.79 Å². The Kier molecular flexibility index (Phi) is 3.79. The molecule has 0 aliphatic carbocycles. The topological polar surface area (TPSA) is 57.5 Å². The van der Waals surface area contributed by atoms with Crippen molar-refractivity contribution in [1.29, 1.82) is 0 Å². The third-order valence-corrected chi connectivity index (χ3v) is 3.38. The SMILES string of the molecule is CCOC(=O)c1c(C)n(C)c2ccc(OC)cc2c1=O. The van der Waals surface area contributed by atoms with Crippen molar-refractivity contribution in [3.05, 3.63) is 39.7 Å². The Hall–Kier alpha value is -2.30. The summed E-state index contributed by atoms with van der Waals surface area (Å²) >= 11 is 0. The molecule has 0 unspecified atom stereocenters. The van der Waals surface area contributed by atoms with E-state index in [4.69, 9.17) is 9.47 Å². The van der Waals surface area contributed by atoms with E-state index in [1.807, 2.05) is 11.6 Å². The highest BCUT2D eigenvalue weighted by atomic mass is 16.5. The maximum atomic E-state index is 12.5. The molecule has 0 spiro atoms. The zero-order valence-corrected chi connectivity index (χ0v) is 12.0. The Morgan fingerprint density at radius 1 is 1.35 bits per heavy atom. The van der Waals surface area contributed by atoms with Gasteiger partial charge in [0.1, 0.15) is 11.3 Å². The first-order valence-electron chi connectivity index (χ1n) is 6.35. The van der Waals surface area contributed by atoms with Crippen molar-refractivity contribution in [3.63, 3.8) is 0 Å². The van der Waals surface area contributed by atoms with E-state index in [2.05, 4.69) is 0 Å². The van der Waals surface area contributed by atoms with E-state index in [-0.39, 0.29) is 17.6 Å². The Balaban J connectivity index is 2.83. The average Bonchev–Trinajstić information content (AvgIpc) is 2.45. The molecule has 0 amide bonds. The maximum absolute atomic E-state index is 12.5. The number of carbonyl (C=O) groups is 1. The predicted molar refractivity (Wildman–Crippen MR) is 76.4 cm³/mol. The predicted octanol–water partition coefficient (Wildman–Crippen LogP) is 2.03. The van der Waals surface area contributed by atoms with Crippen LogP contribution in [0.2, 0.25) is 0 Å². The van der Waals surface area contributed by atoms with E-state index in [0.29, 0.717) is 16.8 Å². The van der Waals surface area contributed by atoms with Gasteiger partial charge in [-0.05, 0) is 32.0 Å². The Morgan fingerprint density at radius 2 is 2.05 bits per heavy atom. The van der Waals surface area contributed by atoms with Crippen LogP contribution in [0, 0.1) is 6.92 Å². The largest absolute Gasteiger partial charge is 0.497 e. The lowest BCUT2D eigenvalue weighted by Gasteiger charge is -2.14. The molecular formula is C15H17NO4. The number of carbonyl (C=O) groups excluding carboxylic acids is 1. The second-order valence-electron chi connectivity index (χ2n) is 4.45. The van der Waals surface area contributed by atoms with Crippen LogP contribution in [-0.2, 0) is 11.8 Å². The van der Waals surface area contributed by atoms with Crippen LogP contribution in [-0.4, -0.2) is 24.3 Å². The highest BCUT2D eigenvalue weighted by Gasteiger charge is 2.20. The fraction of sp³-hybridized carbons (Fsp3) is 0.333. The average molecular weight is 275 g/mol. The van der Waals surface area contributed by atoms with Crippen LogP contribution in [0.5, 0.6) is 5.75 Å². The molecule has 0 radical (unpaired) electrons. The first-order chi connectivity index (χ1) is 9.51. The number of hydrogen-bond donors (Lipinski definition) is 0. The number of aryl methyl sites for hydroxylation is 1. The third kappa shape index (κ3) is 2.15. The van der Waals surface area contributed by atoms with E-state index >= 15 is 0 Å². The zero-order chi connectivity index (χ0) is 14.9. The fourth-order valence-corrected chi connectivity index (χ4v) is 2.21. The van der Waals surface area contributed by atoms with Gasteiger partial charge >= 0.3 is 5.97 Å². The lowest BCUT2D eigenvalue weighted by atomic mass is 10.1. The van der Waals surface area contributed by atoms with Gasteiger partial charge in [-0.25, -0.2) is 4.79 Å². The van der Waals surface area contributed by atoms with Crippen LogP contribution < -0.4 is 10.2 Å². The van der Waals surface area contributed by atoms with E-state index in [1.54, 1.807) is 32.0 Å². The third-order valence-electron chi connectivity index (χ3n) is 3.38. The van der Waals surface area contributed by atoms with Gasteiger partial charge in [0.25, 0.3) is 0 Å². The van der Waals surface area contributed by atoms with E-state index in [0.717, 1.165) is 5.52 Å². The highest BCUT2D eigenvalue weighted by molar-refractivity contribution is 5.95. The van der Waals surface area contributed by atoms with Crippen molar-refractivity contribution in [2.24, 2.45) is 7.05 Å². The first-order valence-corrected chi connectivity index (χ1v) is 6.35. The van der Waals surface area contributed by atoms with Gasteiger partial charge < -0.3 is 14.0 Å². The van der Waals surface area contributed by atoms with Crippen LogP contribution in [0.3, 0.4) is 0 Å². The van der Waals surface area contributed by atoms with Crippen LogP contribution in [0.4, 0.5) is 0 Å². The van der Waals surface area contributed by atoms with Crippen LogP contribution in [0.1, 0.15) is 23.0 Å². The monoisotopic (exact) mass is 275 g/mol. The summed E-state index contributed by atoms with van der Waals surface area (Å²) in [5.41, 5.74) is 1.09. The molecule has 106 valence electrons. The fourth-order valence-electron chi connectivity index (χ4n) is 2.21. The van der Waals surface area contributed by atoms with Gasteiger partial charge in [0.15, 0.2) is 0 Å². The second-order valence-corrected chi connectivity index (χ2v) is 4.45. The van der Waals surface area contributed by atoms with Gasteiger partial charge in [-0.1, -0.05) is 0 Å². The molecule has 0 N–H and O–H groups in total.